The van der Waals surface area contributed by atoms with Crippen LogP contribution in [-0.2, 0) is 13.2 Å². The summed E-state index contributed by atoms with van der Waals surface area (Å²) in [4.78, 5) is 0. The van der Waals surface area contributed by atoms with E-state index in [1.54, 1.807) is 25.4 Å². The third kappa shape index (κ3) is 2.66. The van der Waals surface area contributed by atoms with Crippen molar-refractivity contribution in [1.82, 2.24) is 15.0 Å². The molecule has 0 spiro atoms. The SMILES string of the molecule is COc1ccccc1[C@@H](O)Cn1cc(CO)nn1. The van der Waals surface area contributed by atoms with E-state index in [0.29, 0.717) is 17.0 Å². The van der Waals surface area contributed by atoms with E-state index in [9.17, 15) is 5.11 Å². The number of methoxy groups -OCH3 is 1. The average Bonchev–Trinajstić information content (AvgIpc) is 2.86. The molecule has 18 heavy (non-hydrogen) atoms. The zero-order valence-corrected chi connectivity index (χ0v) is 10.0. The van der Waals surface area contributed by atoms with Crippen LogP contribution in [0.25, 0.3) is 0 Å². The van der Waals surface area contributed by atoms with Crippen molar-refractivity contribution in [2.45, 2.75) is 19.3 Å². The van der Waals surface area contributed by atoms with Crippen molar-refractivity contribution >= 4 is 0 Å². The standard InChI is InChI=1S/C12H15N3O3/c1-18-12-5-3-2-4-10(12)11(17)7-15-6-9(8-16)13-14-15/h2-6,11,16-17H,7-8H2,1H3/t11-/m0/s1. The summed E-state index contributed by atoms with van der Waals surface area (Å²) in [6, 6.07) is 7.27. The third-order valence-corrected chi connectivity index (χ3v) is 2.61. The van der Waals surface area contributed by atoms with Gasteiger partial charge >= 0.3 is 0 Å². The van der Waals surface area contributed by atoms with Gasteiger partial charge in [0.1, 0.15) is 17.5 Å². The first-order valence-corrected chi connectivity index (χ1v) is 5.55. The van der Waals surface area contributed by atoms with Crippen molar-refractivity contribution in [3.63, 3.8) is 0 Å². The molecular weight excluding hydrogens is 234 g/mol. The van der Waals surface area contributed by atoms with Crippen molar-refractivity contribution in [2.75, 3.05) is 7.11 Å². The fourth-order valence-corrected chi connectivity index (χ4v) is 1.72. The van der Waals surface area contributed by atoms with E-state index < -0.39 is 6.10 Å². The van der Waals surface area contributed by atoms with Crippen LogP contribution in [0.1, 0.15) is 17.4 Å². The lowest BCUT2D eigenvalue weighted by Crippen LogP contribution is -2.10. The van der Waals surface area contributed by atoms with Crippen LogP contribution in [0, 0.1) is 0 Å². The molecule has 1 atom stereocenters. The minimum atomic E-state index is -0.741. The minimum absolute atomic E-state index is 0.162. The van der Waals surface area contributed by atoms with E-state index >= 15 is 0 Å². The zero-order valence-electron chi connectivity index (χ0n) is 10.0. The first kappa shape index (κ1) is 12.5. The Balaban J connectivity index is 2.13. The predicted octanol–water partition coefficient (Wildman–Crippen LogP) is 0.513. The molecule has 0 aliphatic rings. The van der Waals surface area contributed by atoms with Crippen molar-refractivity contribution < 1.29 is 14.9 Å². The van der Waals surface area contributed by atoms with Crippen LogP contribution in [-0.4, -0.2) is 32.3 Å². The highest BCUT2D eigenvalue weighted by Crippen LogP contribution is 2.25. The Kier molecular flexibility index (Phi) is 3.91. The van der Waals surface area contributed by atoms with Crippen molar-refractivity contribution in [1.29, 1.82) is 0 Å². The number of benzene rings is 1. The van der Waals surface area contributed by atoms with Gasteiger partial charge in [-0.3, -0.25) is 0 Å². The van der Waals surface area contributed by atoms with Crippen LogP contribution in [0.2, 0.25) is 0 Å². The zero-order chi connectivity index (χ0) is 13.0. The monoisotopic (exact) mass is 249 g/mol. The number of hydrogen-bond acceptors (Lipinski definition) is 5. The number of ether oxygens (including phenoxy) is 1. The molecule has 0 aliphatic heterocycles. The van der Waals surface area contributed by atoms with Gasteiger partial charge < -0.3 is 14.9 Å². The maximum Gasteiger partial charge on any atom is 0.124 e. The molecule has 6 heteroatoms. The topological polar surface area (TPSA) is 80.4 Å². The minimum Gasteiger partial charge on any atom is -0.496 e. The lowest BCUT2D eigenvalue weighted by molar-refractivity contribution is 0.147. The summed E-state index contributed by atoms with van der Waals surface area (Å²) >= 11 is 0. The molecule has 6 nitrogen and oxygen atoms in total. The Morgan fingerprint density at radius 3 is 2.83 bits per heavy atom. The normalized spacial score (nSPS) is 12.4. The molecule has 0 saturated heterocycles. The molecule has 0 amide bonds. The van der Waals surface area contributed by atoms with E-state index in [0.717, 1.165) is 0 Å². The van der Waals surface area contributed by atoms with Gasteiger partial charge in [-0.1, -0.05) is 23.4 Å². The van der Waals surface area contributed by atoms with Crippen molar-refractivity contribution in [2.24, 2.45) is 0 Å². The first-order chi connectivity index (χ1) is 8.74. The Morgan fingerprint density at radius 2 is 2.17 bits per heavy atom. The van der Waals surface area contributed by atoms with E-state index in [4.69, 9.17) is 9.84 Å². The maximum atomic E-state index is 10.1. The number of aromatic nitrogens is 3. The molecule has 0 saturated carbocycles. The molecule has 1 aromatic heterocycles. The summed E-state index contributed by atoms with van der Waals surface area (Å²) in [6.45, 7) is 0.0954. The highest BCUT2D eigenvalue weighted by Gasteiger charge is 2.14. The number of hydrogen-bond donors (Lipinski definition) is 2. The molecule has 2 rings (SSSR count). The highest BCUT2D eigenvalue weighted by atomic mass is 16.5. The second-order valence-electron chi connectivity index (χ2n) is 3.85. The lowest BCUT2D eigenvalue weighted by Gasteiger charge is -2.14. The molecule has 0 fully saturated rings. The Morgan fingerprint density at radius 1 is 1.39 bits per heavy atom. The lowest BCUT2D eigenvalue weighted by atomic mass is 10.1. The van der Waals surface area contributed by atoms with E-state index in [-0.39, 0.29) is 13.2 Å². The fraction of sp³-hybridized carbons (Fsp3) is 0.333. The van der Waals surface area contributed by atoms with Gasteiger partial charge in [0.25, 0.3) is 0 Å². The summed E-state index contributed by atoms with van der Waals surface area (Å²) in [7, 11) is 1.56. The van der Waals surface area contributed by atoms with Gasteiger partial charge in [-0.05, 0) is 6.07 Å². The number of rotatable bonds is 5. The number of para-hydroxylation sites is 1. The summed E-state index contributed by atoms with van der Waals surface area (Å²) in [6.07, 6.45) is 0.855. The number of aliphatic hydroxyl groups is 2. The Hall–Kier alpha value is -1.92. The smallest absolute Gasteiger partial charge is 0.124 e. The van der Waals surface area contributed by atoms with Crippen LogP contribution >= 0.6 is 0 Å². The molecule has 2 N–H and O–H groups in total. The Labute approximate surface area is 104 Å². The first-order valence-electron chi connectivity index (χ1n) is 5.55. The quantitative estimate of drug-likeness (QED) is 0.807. The van der Waals surface area contributed by atoms with E-state index in [1.165, 1.54) is 4.68 Å². The largest absolute Gasteiger partial charge is 0.496 e. The van der Waals surface area contributed by atoms with Crippen molar-refractivity contribution in [3.8, 4) is 5.75 Å². The molecule has 0 bridgehead atoms. The molecule has 0 aliphatic carbocycles. The maximum absolute atomic E-state index is 10.1. The van der Waals surface area contributed by atoms with Gasteiger partial charge in [0.15, 0.2) is 0 Å². The van der Waals surface area contributed by atoms with Gasteiger partial charge in [0.05, 0.1) is 26.5 Å². The van der Waals surface area contributed by atoms with Crippen LogP contribution in [0.15, 0.2) is 30.5 Å². The Bertz CT molecular complexity index is 513. The predicted molar refractivity (Wildman–Crippen MR) is 63.9 cm³/mol. The van der Waals surface area contributed by atoms with Gasteiger partial charge in [-0.25, -0.2) is 4.68 Å². The van der Waals surface area contributed by atoms with Crippen LogP contribution in [0.4, 0.5) is 0 Å². The van der Waals surface area contributed by atoms with Gasteiger partial charge in [-0.15, -0.1) is 5.10 Å². The number of nitrogens with zero attached hydrogens (tertiary/aromatic N) is 3. The van der Waals surface area contributed by atoms with E-state index in [2.05, 4.69) is 10.3 Å². The van der Waals surface area contributed by atoms with Crippen molar-refractivity contribution in [3.05, 3.63) is 41.7 Å². The molecule has 0 unspecified atom stereocenters. The summed E-state index contributed by atoms with van der Waals surface area (Å²) in [5.74, 6) is 0.632. The fourth-order valence-electron chi connectivity index (χ4n) is 1.72. The summed E-state index contributed by atoms with van der Waals surface area (Å²) in [5.41, 5.74) is 1.17. The second kappa shape index (κ2) is 5.61. The molecule has 0 radical (unpaired) electrons. The average molecular weight is 249 g/mol. The molecule has 1 heterocycles. The second-order valence-corrected chi connectivity index (χ2v) is 3.85. The summed E-state index contributed by atoms with van der Waals surface area (Å²) in [5, 5.41) is 26.6. The molecule has 96 valence electrons. The number of aliphatic hydroxyl groups excluding tert-OH is 2. The van der Waals surface area contributed by atoms with Crippen LogP contribution in [0.5, 0.6) is 5.75 Å². The summed E-state index contributed by atoms with van der Waals surface area (Å²) < 4.78 is 6.67. The highest BCUT2D eigenvalue weighted by molar-refractivity contribution is 5.34. The third-order valence-electron chi connectivity index (χ3n) is 2.61. The van der Waals surface area contributed by atoms with Crippen LogP contribution in [0.3, 0.4) is 0 Å². The van der Waals surface area contributed by atoms with Gasteiger partial charge in [0.2, 0.25) is 0 Å². The molecular formula is C12H15N3O3. The van der Waals surface area contributed by atoms with Crippen LogP contribution < -0.4 is 4.74 Å². The molecule has 1 aromatic carbocycles. The van der Waals surface area contributed by atoms with E-state index in [1.807, 2.05) is 12.1 Å². The van der Waals surface area contributed by atoms with Gasteiger partial charge in [-0.2, -0.15) is 0 Å². The van der Waals surface area contributed by atoms with Gasteiger partial charge in [0, 0.05) is 5.56 Å². The molecule has 2 aromatic rings.